The Kier molecular flexibility index (Phi) is 7.53. The van der Waals surface area contributed by atoms with E-state index in [2.05, 4.69) is 43.3 Å². The van der Waals surface area contributed by atoms with Gasteiger partial charge in [-0.2, -0.15) is 5.10 Å². The zero-order valence-electron chi connectivity index (χ0n) is 20.2. The fourth-order valence-corrected chi connectivity index (χ4v) is 5.03. The van der Waals surface area contributed by atoms with E-state index in [1.165, 1.54) is 0 Å². The molecule has 1 unspecified atom stereocenters. The molecule has 1 N–H and O–H groups in total. The number of nitrogens with one attached hydrogen (secondary N) is 1. The Bertz CT molecular complexity index is 1360. The van der Waals surface area contributed by atoms with Gasteiger partial charge in [-0.3, -0.25) is 20.0 Å². The molecule has 0 aliphatic carbocycles. The van der Waals surface area contributed by atoms with Gasteiger partial charge < -0.3 is 9.47 Å². The zero-order chi connectivity index (χ0) is 25.1. The van der Waals surface area contributed by atoms with Crippen LogP contribution in [0.1, 0.15) is 42.5 Å². The molecule has 1 saturated heterocycles. The highest BCUT2D eigenvalue weighted by Crippen LogP contribution is 2.34. The van der Waals surface area contributed by atoms with Crippen molar-refractivity contribution in [2.45, 2.75) is 26.5 Å². The fraction of sp³-hybridized carbons (Fsp3) is 0.296. The van der Waals surface area contributed by atoms with Gasteiger partial charge >= 0.3 is 0 Å². The molecule has 3 aromatic heterocycles. The zero-order valence-corrected chi connectivity index (χ0v) is 21.7. The number of fused-ring (bicyclic) bond motifs is 1. The lowest BCUT2D eigenvalue weighted by Gasteiger charge is -2.26. The molecule has 7 nitrogen and oxygen atoms in total. The Balaban J connectivity index is 1.34. The van der Waals surface area contributed by atoms with Crippen LogP contribution in [0.3, 0.4) is 0 Å². The first-order valence-corrected chi connectivity index (χ1v) is 12.6. The second kappa shape index (κ2) is 11.0. The summed E-state index contributed by atoms with van der Waals surface area (Å²) < 4.78 is 11.6. The molecule has 4 aromatic rings. The van der Waals surface area contributed by atoms with Crippen LogP contribution in [0.15, 0.2) is 48.9 Å². The standard InChI is InChI=1S/C27H27Cl2N5O2/c1-17(11-19-3-4-20(31-13-19)16-34-7-9-35-10-8-34)27-22-12-21(5-6-25(22)32-33-27)36-18(2)26-23(28)14-30-15-24(26)29/h3-6,11-15,18H,7-10,16H2,1-2H3,(H,32,33)/b17-11+. The summed E-state index contributed by atoms with van der Waals surface area (Å²) in [5.41, 5.74) is 5.60. The average Bonchev–Trinajstić information content (AvgIpc) is 3.29. The van der Waals surface area contributed by atoms with Crippen LogP contribution in [-0.4, -0.2) is 51.4 Å². The molecule has 0 amide bonds. The molecule has 0 radical (unpaired) electrons. The van der Waals surface area contributed by atoms with E-state index in [0.717, 1.165) is 66.3 Å². The lowest BCUT2D eigenvalue weighted by atomic mass is 10.1. The van der Waals surface area contributed by atoms with E-state index in [9.17, 15) is 0 Å². The maximum Gasteiger partial charge on any atom is 0.124 e. The fourth-order valence-electron chi connectivity index (χ4n) is 4.36. The van der Waals surface area contributed by atoms with E-state index < -0.39 is 0 Å². The van der Waals surface area contributed by atoms with Gasteiger partial charge in [0.25, 0.3) is 0 Å². The van der Waals surface area contributed by atoms with Crippen molar-refractivity contribution in [3.63, 3.8) is 0 Å². The van der Waals surface area contributed by atoms with Gasteiger partial charge in [0.2, 0.25) is 0 Å². The van der Waals surface area contributed by atoms with Crippen LogP contribution < -0.4 is 4.74 Å². The molecular weight excluding hydrogens is 497 g/mol. The van der Waals surface area contributed by atoms with Crippen LogP contribution >= 0.6 is 23.2 Å². The maximum absolute atomic E-state index is 6.31. The van der Waals surface area contributed by atoms with Crippen LogP contribution in [0.5, 0.6) is 5.75 Å². The average molecular weight is 524 g/mol. The number of allylic oxidation sites excluding steroid dienone is 1. The van der Waals surface area contributed by atoms with Crippen LogP contribution in [0.4, 0.5) is 0 Å². The third-order valence-electron chi connectivity index (χ3n) is 6.24. The highest BCUT2D eigenvalue weighted by Gasteiger charge is 2.17. The minimum absolute atomic E-state index is 0.348. The number of halogens is 2. The number of pyridine rings is 2. The Morgan fingerprint density at radius 2 is 1.92 bits per heavy atom. The highest BCUT2D eigenvalue weighted by molar-refractivity contribution is 6.35. The van der Waals surface area contributed by atoms with Crippen molar-refractivity contribution >= 4 is 45.8 Å². The number of aromatic nitrogens is 4. The van der Waals surface area contributed by atoms with Crippen molar-refractivity contribution in [2.75, 3.05) is 26.3 Å². The number of rotatable bonds is 7. The molecule has 5 rings (SSSR count). The van der Waals surface area contributed by atoms with Crippen molar-refractivity contribution in [2.24, 2.45) is 0 Å². The molecule has 0 bridgehead atoms. The first-order valence-electron chi connectivity index (χ1n) is 11.9. The van der Waals surface area contributed by atoms with E-state index >= 15 is 0 Å². The largest absolute Gasteiger partial charge is 0.486 e. The monoisotopic (exact) mass is 523 g/mol. The summed E-state index contributed by atoms with van der Waals surface area (Å²) in [5.74, 6) is 0.698. The summed E-state index contributed by atoms with van der Waals surface area (Å²) >= 11 is 12.6. The minimum atomic E-state index is -0.348. The maximum atomic E-state index is 6.31. The molecule has 36 heavy (non-hydrogen) atoms. The third-order valence-corrected chi connectivity index (χ3v) is 6.84. The third kappa shape index (κ3) is 5.55. The SMILES string of the molecule is C/C(=C\c1ccc(CN2CCOCC2)nc1)c1n[nH]c2ccc(OC(C)c3c(Cl)cncc3Cl)cc12. The number of aromatic amines is 1. The summed E-state index contributed by atoms with van der Waals surface area (Å²) in [6, 6.07) is 10.0. The lowest BCUT2D eigenvalue weighted by molar-refractivity contribution is 0.0336. The Hall–Kier alpha value is -2.97. The minimum Gasteiger partial charge on any atom is -0.486 e. The number of ether oxygens (including phenoxy) is 2. The van der Waals surface area contributed by atoms with Gasteiger partial charge in [-0.25, -0.2) is 0 Å². The van der Waals surface area contributed by atoms with Gasteiger partial charge in [0.1, 0.15) is 11.9 Å². The van der Waals surface area contributed by atoms with Crippen LogP contribution in [0.25, 0.3) is 22.6 Å². The predicted molar refractivity (Wildman–Crippen MR) is 143 cm³/mol. The van der Waals surface area contributed by atoms with Gasteiger partial charge in [-0.1, -0.05) is 29.3 Å². The summed E-state index contributed by atoms with van der Waals surface area (Å²) in [4.78, 5) is 11.0. The second-order valence-electron chi connectivity index (χ2n) is 8.86. The number of hydrogen-bond donors (Lipinski definition) is 1. The quantitative estimate of drug-likeness (QED) is 0.311. The molecule has 1 aliphatic rings. The molecule has 1 atom stereocenters. The topological polar surface area (TPSA) is 76.2 Å². The number of H-pyrrole nitrogens is 1. The predicted octanol–water partition coefficient (Wildman–Crippen LogP) is 6.19. The van der Waals surface area contributed by atoms with Gasteiger partial charge in [0.05, 0.1) is 40.2 Å². The van der Waals surface area contributed by atoms with Gasteiger partial charge in [-0.15, -0.1) is 0 Å². The molecule has 1 fully saturated rings. The van der Waals surface area contributed by atoms with Crippen LogP contribution in [0.2, 0.25) is 10.0 Å². The van der Waals surface area contributed by atoms with E-state index in [4.69, 9.17) is 32.7 Å². The van der Waals surface area contributed by atoms with E-state index in [-0.39, 0.29) is 6.10 Å². The van der Waals surface area contributed by atoms with Gasteiger partial charge in [0, 0.05) is 49.2 Å². The van der Waals surface area contributed by atoms with E-state index in [0.29, 0.717) is 21.4 Å². The number of hydrogen-bond acceptors (Lipinski definition) is 6. The summed E-state index contributed by atoms with van der Waals surface area (Å²) in [6.45, 7) is 8.26. The smallest absolute Gasteiger partial charge is 0.124 e. The lowest BCUT2D eigenvalue weighted by Crippen LogP contribution is -2.35. The molecule has 0 saturated carbocycles. The first-order chi connectivity index (χ1) is 17.5. The summed E-state index contributed by atoms with van der Waals surface area (Å²) in [5, 5.41) is 9.59. The molecule has 1 aromatic carbocycles. The number of morpholine rings is 1. The van der Waals surface area contributed by atoms with Crippen molar-refractivity contribution in [1.82, 2.24) is 25.1 Å². The van der Waals surface area contributed by atoms with Crippen LogP contribution in [-0.2, 0) is 11.3 Å². The van der Waals surface area contributed by atoms with E-state index in [1.54, 1.807) is 12.4 Å². The Labute approximate surface area is 220 Å². The van der Waals surface area contributed by atoms with E-state index in [1.807, 2.05) is 38.2 Å². The highest BCUT2D eigenvalue weighted by atomic mass is 35.5. The van der Waals surface area contributed by atoms with Crippen molar-refractivity contribution in [1.29, 1.82) is 0 Å². The first kappa shape index (κ1) is 24.7. The Morgan fingerprint density at radius 1 is 1.14 bits per heavy atom. The van der Waals surface area contributed by atoms with Crippen molar-refractivity contribution in [3.8, 4) is 5.75 Å². The number of benzene rings is 1. The molecule has 186 valence electrons. The number of nitrogens with zero attached hydrogens (tertiary/aromatic N) is 4. The van der Waals surface area contributed by atoms with Gasteiger partial charge in [-0.05, 0) is 55.3 Å². The molecule has 1 aliphatic heterocycles. The second-order valence-corrected chi connectivity index (χ2v) is 9.67. The molecule has 4 heterocycles. The Morgan fingerprint density at radius 3 is 2.64 bits per heavy atom. The molecular formula is C27H27Cl2N5O2. The molecule has 9 heteroatoms. The molecule has 0 spiro atoms. The van der Waals surface area contributed by atoms with Crippen molar-refractivity contribution in [3.05, 3.63) is 81.5 Å². The summed E-state index contributed by atoms with van der Waals surface area (Å²) in [6.07, 6.45) is 6.79. The van der Waals surface area contributed by atoms with Gasteiger partial charge in [0.15, 0.2) is 0 Å². The van der Waals surface area contributed by atoms with Crippen molar-refractivity contribution < 1.29 is 9.47 Å². The normalized spacial score (nSPS) is 15.8. The van der Waals surface area contributed by atoms with Crippen LogP contribution in [0, 0.1) is 0 Å². The summed E-state index contributed by atoms with van der Waals surface area (Å²) in [7, 11) is 0.